The molecule has 27 heavy (non-hydrogen) atoms. The topological polar surface area (TPSA) is 79.9 Å². The smallest absolute Gasteiger partial charge is 0.254 e. The number of amides is 2. The first-order valence-electron chi connectivity index (χ1n) is 9.91. The molecule has 2 N–H and O–H groups in total. The summed E-state index contributed by atoms with van der Waals surface area (Å²) in [5, 5.41) is 6.28. The van der Waals surface area contributed by atoms with Crippen molar-refractivity contribution in [2.24, 2.45) is 5.92 Å². The molecule has 146 valence electrons. The Morgan fingerprint density at radius 1 is 1.15 bits per heavy atom. The van der Waals surface area contributed by atoms with E-state index in [2.05, 4.69) is 10.6 Å². The normalized spacial score (nSPS) is 24.5. The maximum atomic E-state index is 12.9. The van der Waals surface area contributed by atoms with Crippen LogP contribution in [0.3, 0.4) is 0 Å². The van der Waals surface area contributed by atoms with Gasteiger partial charge in [0.25, 0.3) is 5.91 Å². The zero-order chi connectivity index (χ0) is 18.6. The number of carbonyl (C=O) groups excluding carboxylic acids is 2. The van der Waals surface area contributed by atoms with Gasteiger partial charge in [-0.1, -0.05) is 0 Å². The maximum absolute atomic E-state index is 12.9. The molecule has 4 rings (SSSR count). The standard InChI is InChI=1S/C20H27N3O4/c24-19(16-4-1-7-21-16)22-12-14-3-2-8-23(13-14)20(25)15-5-6-17-18(11-15)27-10-9-26-17/h5-6,11,14,16,21H,1-4,7-10,12-13H2,(H,22,24). The molecular weight excluding hydrogens is 346 g/mol. The van der Waals surface area contributed by atoms with Crippen molar-refractivity contribution in [2.45, 2.75) is 31.7 Å². The molecule has 2 saturated heterocycles. The lowest BCUT2D eigenvalue weighted by Crippen LogP contribution is -2.46. The number of benzene rings is 1. The van der Waals surface area contributed by atoms with E-state index < -0.39 is 0 Å². The van der Waals surface area contributed by atoms with Crippen LogP contribution in [0.1, 0.15) is 36.0 Å². The third kappa shape index (κ3) is 4.18. The van der Waals surface area contributed by atoms with Gasteiger partial charge in [-0.25, -0.2) is 0 Å². The van der Waals surface area contributed by atoms with Gasteiger partial charge in [0, 0.05) is 25.2 Å². The van der Waals surface area contributed by atoms with Gasteiger partial charge in [0.1, 0.15) is 13.2 Å². The Bertz CT molecular complexity index is 702. The first-order chi connectivity index (χ1) is 13.2. The second kappa shape index (κ2) is 8.17. The summed E-state index contributed by atoms with van der Waals surface area (Å²) in [5.74, 6) is 1.73. The molecule has 2 atom stereocenters. The van der Waals surface area contributed by atoms with Gasteiger partial charge in [-0.3, -0.25) is 9.59 Å². The maximum Gasteiger partial charge on any atom is 0.254 e. The molecule has 0 spiro atoms. The number of hydrogen-bond acceptors (Lipinski definition) is 5. The average Bonchev–Trinajstić information content (AvgIpc) is 3.26. The Labute approximate surface area is 159 Å². The SMILES string of the molecule is O=C(NCC1CCCN(C(=O)c2ccc3c(c2)OCCO3)C1)C1CCCN1. The molecule has 2 fully saturated rings. The fourth-order valence-corrected chi connectivity index (χ4v) is 4.05. The van der Waals surface area contributed by atoms with Crippen molar-refractivity contribution in [3.63, 3.8) is 0 Å². The van der Waals surface area contributed by atoms with Crippen molar-refractivity contribution >= 4 is 11.8 Å². The molecule has 0 aliphatic carbocycles. The summed E-state index contributed by atoms with van der Waals surface area (Å²) in [6.07, 6.45) is 3.95. The highest BCUT2D eigenvalue weighted by Gasteiger charge is 2.27. The second-order valence-corrected chi connectivity index (χ2v) is 7.51. The summed E-state index contributed by atoms with van der Waals surface area (Å²) < 4.78 is 11.1. The zero-order valence-electron chi connectivity index (χ0n) is 15.5. The molecule has 2 amide bonds. The Hall–Kier alpha value is -2.28. The molecule has 3 aliphatic heterocycles. The van der Waals surface area contributed by atoms with Crippen LogP contribution in [0, 0.1) is 5.92 Å². The van der Waals surface area contributed by atoms with Gasteiger partial charge >= 0.3 is 0 Å². The van der Waals surface area contributed by atoms with Gasteiger partial charge in [0.15, 0.2) is 11.5 Å². The number of rotatable bonds is 4. The minimum absolute atomic E-state index is 0.0143. The van der Waals surface area contributed by atoms with Crippen molar-refractivity contribution < 1.29 is 19.1 Å². The van der Waals surface area contributed by atoms with E-state index in [1.54, 1.807) is 18.2 Å². The van der Waals surface area contributed by atoms with Crippen LogP contribution in [-0.2, 0) is 4.79 Å². The van der Waals surface area contributed by atoms with Crippen LogP contribution in [0.4, 0.5) is 0 Å². The number of nitrogens with zero attached hydrogens (tertiary/aromatic N) is 1. The molecule has 0 radical (unpaired) electrons. The van der Waals surface area contributed by atoms with Crippen LogP contribution in [0.2, 0.25) is 0 Å². The summed E-state index contributed by atoms with van der Waals surface area (Å²) in [4.78, 5) is 27.0. The molecule has 3 aliphatic rings. The van der Waals surface area contributed by atoms with Gasteiger partial charge in [-0.05, 0) is 56.3 Å². The first-order valence-corrected chi connectivity index (χ1v) is 9.91. The summed E-state index contributed by atoms with van der Waals surface area (Å²) in [5.41, 5.74) is 0.624. The summed E-state index contributed by atoms with van der Waals surface area (Å²) in [6.45, 7) is 4.01. The molecule has 0 bridgehead atoms. The van der Waals surface area contributed by atoms with Gasteiger partial charge in [-0.2, -0.15) is 0 Å². The van der Waals surface area contributed by atoms with Crippen molar-refractivity contribution in [3.8, 4) is 11.5 Å². The lowest BCUT2D eigenvalue weighted by atomic mass is 9.97. The quantitative estimate of drug-likeness (QED) is 0.829. The number of ether oxygens (including phenoxy) is 2. The molecule has 1 aromatic rings. The van der Waals surface area contributed by atoms with Gasteiger partial charge in [0.2, 0.25) is 5.91 Å². The van der Waals surface area contributed by atoms with Crippen LogP contribution in [0.25, 0.3) is 0 Å². The van der Waals surface area contributed by atoms with E-state index in [-0.39, 0.29) is 17.9 Å². The van der Waals surface area contributed by atoms with Gasteiger partial charge in [0.05, 0.1) is 6.04 Å². The van der Waals surface area contributed by atoms with Crippen LogP contribution in [0.5, 0.6) is 11.5 Å². The molecule has 7 nitrogen and oxygen atoms in total. The minimum Gasteiger partial charge on any atom is -0.486 e. The van der Waals surface area contributed by atoms with E-state index in [4.69, 9.17) is 9.47 Å². The summed E-state index contributed by atoms with van der Waals surface area (Å²) in [7, 11) is 0. The Kier molecular flexibility index (Phi) is 5.48. The van der Waals surface area contributed by atoms with Gasteiger partial charge < -0.3 is 25.0 Å². The van der Waals surface area contributed by atoms with Crippen LogP contribution in [-0.4, -0.2) is 62.1 Å². The third-order valence-corrected chi connectivity index (χ3v) is 5.54. The number of nitrogens with one attached hydrogen (secondary N) is 2. The molecule has 7 heteroatoms. The zero-order valence-corrected chi connectivity index (χ0v) is 15.5. The van der Waals surface area contributed by atoms with Crippen LogP contribution >= 0.6 is 0 Å². The number of piperidine rings is 1. The predicted octanol–water partition coefficient (Wildman–Crippen LogP) is 1.18. The number of fused-ring (bicyclic) bond motifs is 1. The van der Waals surface area contributed by atoms with E-state index in [0.29, 0.717) is 49.3 Å². The highest BCUT2D eigenvalue weighted by atomic mass is 16.6. The van der Waals surface area contributed by atoms with Crippen LogP contribution < -0.4 is 20.1 Å². The molecule has 2 unspecified atom stereocenters. The largest absolute Gasteiger partial charge is 0.486 e. The molecular formula is C20H27N3O4. The van der Waals surface area contributed by atoms with Crippen molar-refractivity contribution in [2.75, 3.05) is 39.4 Å². The van der Waals surface area contributed by atoms with Gasteiger partial charge in [-0.15, -0.1) is 0 Å². The summed E-state index contributed by atoms with van der Waals surface area (Å²) >= 11 is 0. The fraction of sp³-hybridized carbons (Fsp3) is 0.600. The number of likely N-dealkylation sites (tertiary alicyclic amines) is 1. The first kappa shape index (κ1) is 18.1. The molecule has 0 saturated carbocycles. The molecule has 3 heterocycles. The molecule has 0 aromatic heterocycles. The van der Waals surface area contributed by atoms with Crippen molar-refractivity contribution in [3.05, 3.63) is 23.8 Å². The number of carbonyl (C=O) groups is 2. The molecule has 1 aromatic carbocycles. The fourth-order valence-electron chi connectivity index (χ4n) is 4.05. The van der Waals surface area contributed by atoms with E-state index in [9.17, 15) is 9.59 Å². The van der Waals surface area contributed by atoms with Crippen molar-refractivity contribution in [1.29, 1.82) is 0 Å². The van der Waals surface area contributed by atoms with E-state index >= 15 is 0 Å². The lowest BCUT2D eigenvalue weighted by molar-refractivity contribution is -0.123. The monoisotopic (exact) mass is 373 g/mol. The highest BCUT2D eigenvalue weighted by molar-refractivity contribution is 5.95. The summed E-state index contributed by atoms with van der Waals surface area (Å²) in [6, 6.07) is 5.32. The Balaban J connectivity index is 1.33. The minimum atomic E-state index is -0.0518. The second-order valence-electron chi connectivity index (χ2n) is 7.51. The Morgan fingerprint density at radius 3 is 2.81 bits per heavy atom. The van der Waals surface area contributed by atoms with Crippen LogP contribution in [0.15, 0.2) is 18.2 Å². The van der Waals surface area contributed by atoms with E-state index in [1.807, 2.05) is 4.90 Å². The average molecular weight is 373 g/mol. The predicted molar refractivity (Wildman–Crippen MR) is 100 cm³/mol. The Morgan fingerprint density at radius 2 is 2.00 bits per heavy atom. The third-order valence-electron chi connectivity index (χ3n) is 5.54. The van der Waals surface area contributed by atoms with Crippen molar-refractivity contribution in [1.82, 2.24) is 15.5 Å². The number of hydrogen-bond donors (Lipinski definition) is 2. The lowest BCUT2D eigenvalue weighted by Gasteiger charge is -2.33. The van der Waals surface area contributed by atoms with E-state index in [0.717, 1.165) is 38.8 Å². The highest BCUT2D eigenvalue weighted by Crippen LogP contribution is 2.31. The van der Waals surface area contributed by atoms with E-state index in [1.165, 1.54) is 0 Å².